The lowest BCUT2D eigenvalue weighted by atomic mass is 9.65. The van der Waals surface area contributed by atoms with Gasteiger partial charge >= 0.3 is 0 Å². The van der Waals surface area contributed by atoms with Gasteiger partial charge in [0.1, 0.15) is 5.75 Å². The van der Waals surface area contributed by atoms with Crippen LogP contribution in [0.25, 0.3) is 0 Å². The molecule has 1 aliphatic carbocycles. The van der Waals surface area contributed by atoms with Gasteiger partial charge in [0.05, 0.1) is 6.61 Å². The van der Waals surface area contributed by atoms with E-state index in [0.717, 1.165) is 31.9 Å². The van der Waals surface area contributed by atoms with E-state index in [1.807, 2.05) is 0 Å². The van der Waals surface area contributed by atoms with Crippen molar-refractivity contribution in [3.05, 3.63) is 29.3 Å². The van der Waals surface area contributed by atoms with E-state index in [-0.39, 0.29) is 0 Å². The topological polar surface area (TPSA) is 21.3 Å². The first-order valence-electron chi connectivity index (χ1n) is 8.41. The lowest BCUT2D eigenvalue weighted by molar-refractivity contribution is 0.0504. The van der Waals surface area contributed by atoms with Crippen molar-refractivity contribution in [2.24, 2.45) is 10.8 Å². The average Bonchev–Trinajstić information content (AvgIpc) is 2.44. The second-order valence-corrected chi connectivity index (χ2v) is 8.15. The van der Waals surface area contributed by atoms with Gasteiger partial charge in [0.15, 0.2) is 0 Å². The standard InChI is InChI=1S/C19H29NO/c1-18(2)8-4-9-19(3,13-18)14-21-17-6-5-15-7-10-20-12-16(15)11-17/h5-6,11,20H,4,7-10,12-14H2,1-3H3. The van der Waals surface area contributed by atoms with Gasteiger partial charge in [-0.1, -0.05) is 33.3 Å². The molecule has 0 amide bonds. The van der Waals surface area contributed by atoms with Gasteiger partial charge in [0, 0.05) is 12.0 Å². The lowest BCUT2D eigenvalue weighted by Gasteiger charge is -2.42. The number of benzene rings is 1. The van der Waals surface area contributed by atoms with Crippen LogP contribution in [0.2, 0.25) is 0 Å². The van der Waals surface area contributed by atoms with Crippen molar-refractivity contribution in [1.82, 2.24) is 5.32 Å². The minimum Gasteiger partial charge on any atom is -0.493 e. The smallest absolute Gasteiger partial charge is 0.119 e. The van der Waals surface area contributed by atoms with Crippen LogP contribution in [0.3, 0.4) is 0 Å². The third kappa shape index (κ3) is 3.60. The molecule has 2 heteroatoms. The Hall–Kier alpha value is -1.02. The quantitative estimate of drug-likeness (QED) is 0.894. The predicted molar refractivity (Wildman–Crippen MR) is 87.7 cm³/mol. The molecule has 1 aromatic rings. The highest BCUT2D eigenvalue weighted by Gasteiger charge is 2.37. The summed E-state index contributed by atoms with van der Waals surface area (Å²) >= 11 is 0. The summed E-state index contributed by atoms with van der Waals surface area (Å²) in [5.74, 6) is 1.04. The Bertz CT molecular complexity index is 508. The monoisotopic (exact) mass is 287 g/mol. The highest BCUT2D eigenvalue weighted by Crippen LogP contribution is 2.46. The molecule has 1 fully saturated rings. The van der Waals surface area contributed by atoms with Crippen molar-refractivity contribution in [2.45, 2.75) is 59.4 Å². The normalized spacial score (nSPS) is 28.0. The van der Waals surface area contributed by atoms with Crippen LogP contribution in [0.4, 0.5) is 0 Å². The Morgan fingerprint density at radius 2 is 2.00 bits per heavy atom. The molecule has 1 N–H and O–H groups in total. The number of hydrogen-bond acceptors (Lipinski definition) is 2. The molecule has 1 unspecified atom stereocenters. The van der Waals surface area contributed by atoms with Crippen molar-refractivity contribution in [1.29, 1.82) is 0 Å². The van der Waals surface area contributed by atoms with Gasteiger partial charge in [0.25, 0.3) is 0 Å². The molecule has 2 nitrogen and oxygen atoms in total. The van der Waals surface area contributed by atoms with E-state index in [1.165, 1.54) is 36.8 Å². The fraction of sp³-hybridized carbons (Fsp3) is 0.684. The number of nitrogens with one attached hydrogen (secondary N) is 1. The zero-order valence-corrected chi connectivity index (χ0v) is 13.8. The molecule has 1 atom stereocenters. The molecule has 1 aromatic carbocycles. The third-order valence-corrected chi connectivity index (χ3v) is 5.19. The second kappa shape index (κ2) is 5.64. The lowest BCUT2D eigenvalue weighted by Crippen LogP contribution is -2.35. The minimum atomic E-state index is 0.329. The first-order chi connectivity index (χ1) is 9.96. The van der Waals surface area contributed by atoms with Gasteiger partial charge in [-0.3, -0.25) is 0 Å². The highest BCUT2D eigenvalue weighted by atomic mass is 16.5. The number of fused-ring (bicyclic) bond motifs is 1. The molecular weight excluding hydrogens is 258 g/mol. The summed E-state index contributed by atoms with van der Waals surface area (Å²) < 4.78 is 6.18. The van der Waals surface area contributed by atoms with Gasteiger partial charge in [-0.05, 0) is 60.9 Å². The molecular formula is C19H29NO. The summed E-state index contributed by atoms with van der Waals surface area (Å²) in [5.41, 5.74) is 3.69. The van der Waals surface area contributed by atoms with Crippen LogP contribution in [-0.4, -0.2) is 13.2 Å². The molecule has 1 saturated carbocycles. The zero-order valence-electron chi connectivity index (χ0n) is 13.8. The molecule has 1 aliphatic heterocycles. The Kier molecular flexibility index (Phi) is 4.00. The van der Waals surface area contributed by atoms with Gasteiger partial charge in [-0.2, -0.15) is 0 Å². The summed E-state index contributed by atoms with van der Waals surface area (Å²) in [7, 11) is 0. The SMILES string of the molecule is CC1(C)CCCC(C)(COc2ccc3c(c2)CNCC3)C1. The minimum absolute atomic E-state index is 0.329. The maximum absolute atomic E-state index is 6.18. The van der Waals surface area contributed by atoms with Gasteiger partial charge < -0.3 is 10.1 Å². The number of rotatable bonds is 3. The van der Waals surface area contributed by atoms with E-state index >= 15 is 0 Å². The maximum Gasteiger partial charge on any atom is 0.119 e. The van der Waals surface area contributed by atoms with Crippen LogP contribution in [0.5, 0.6) is 5.75 Å². The van der Waals surface area contributed by atoms with Gasteiger partial charge in [-0.15, -0.1) is 0 Å². The molecule has 0 spiro atoms. The summed E-state index contributed by atoms with van der Waals surface area (Å²) in [6.07, 6.45) is 6.39. The Balaban J connectivity index is 1.64. The fourth-order valence-electron chi connectivity index (χ4n) is 4.25. The van der Waals surface area contributed by atoms with Crippen LogP contribution < -0.4 is 10.1 Å². The predicted octanol–water partition coefficient (Wildman–Crippen LogP) is 4.32. The van der Waals surface area contributed by atoms with E-state index in [9.17, 15) is 0 Å². The molecule has 2 aliphatic rings. The molecule has 0 saturated heterocycles. The van der Waals surface area contributed by atoms with Crippen LogP contribution in [0.1, 0.15) is 57.6 Å². The zero-order chi connectivity index (χ0) is 14.9. The summed E-state index contributed by atoms with van der Waals surface area (Å²) in [6.45, 7) is 10.1. The van der Waals surface area contributed by atoms with Crippen molar-refractivity contribution in [3.63, 3.8) is 0 Å². The van der Waals surface area contributed by atoms with Crippen molar-refractivity contribution >= 4 is 0 Å². The Labute approximate surface area is 129 Å². The molecule has 21 heavy (non-hydrogen) atoms. The molecule has 116 valence electrons. The van der Waals surface area contributed by atoms with Crippen LogP contribution in [0, 0.1) is 10.8 Å². The molecule has 3 rings (SSSR count). The van der Waals surface area contributed by atoms with Crippen LogP contribution in [-0.2, 0) is 13.0 Å². The van der Waals surface area contributed by atoms with Gasteiger partial charge in [-0.25, -0.2) is 0 Å². The highest BCUT2D eigenvalue weighted by molar-refractivity contribution is 5.37. The van der Waals surface area contributed by atoms with Crippen molar-refractivity contribution in [2.75, 3.05) is 13.2 Å². The molecule has 1 heterocycles. The first-order valence-corrected chi connectivity index (χ1v) is 8.41. The summed E-state index contributed by atoms with van der Waals surface area (Å²) in [6, 6.07) is 6.64. The van der Waals surface area contributed by atoms with E-state index in [0.29, 0.717) is 10.8 Å². The van der Waals surface area contributed by atoms with E-state index in [1.54, 1.807) is 0 Å². The molecule has 0 bridgehead atoms. The molecule has 0 radical (unpaired) electrons. The van der Waals surface area contributed by atoms with E-state index in [2.05, 4.69) is 44.3 Å². The van der Waals surface area contributed by atoms with Crippen molar-refractivity contribution in [3.8, 4) is 5.75 Å². The van der Waals surface area contributed by atoms with E-state index < -0.39 is 0 Å². The summed E-state index contributed by atoms with van der Waals surface area (Å²) in [5, 5.41) is 3.44. The first kappa shape index (κ1) is 14.9. The average molecular weight is 287 g/mol. The van der Waals surface area contributed by atoms with Crippen molar-refractivity contribution < 1.29 is 4.74 Å². The fourth-order valence-corrected chi connectivity index (χ4v) is 4.25. The van der Waals surface area contributed by atoms with Gasteiger partial charge in [0.2, 0.25) is 0 Å². The molecule has 0 aromatic heterocycles. The Morgan fingerprint density at radius 3 is 2.81 bits per heavy atom. The third-order valence-electron chi connectivity index (χ3n) is 5.19. The van der Waals surface area contributed by atoms with Crippen LogP contribution in [0.15, 0.2) is 18.2 Å². The second-order valence-electron chi connectivity index (χ2n) is 8.15. The Morgan fingerprint density at radius 1 is 1.14 bits per heavy atom. The largest absolute Gasteiger partial charge is 0.493 e. The maximum atomic E-state index is 6.18. The van der Waals surface area contributed by atoms with Crippen LogP contribution >= 0.6 is 0 Å². The van der Waals surface area contributed by atoms with E-state index in [4.69, 9.17) is 4.74 Å². The summed E-state index contributed by atoms with van der Waals surface area (Å²) in [4.78, 5) is 0. The number of hydrogen-bond donors (Lipinski definition) is 1. The number of ether oxygens (including phenoxy) is 1.